The number of methoxy groups -OCH3 is 1. The van der Waals surface area contributed by atoms with Crippen LogP contribution in [0.1, 0.15) is 23.2 Å². The lowest BCUT2D eigenvalue weighted by atomic mass is 10.2. The molecule has 0 amide bonds. The fourth-order valence-corrected chi connectivity index (χ4v) is 2.26. The minimum absolute atomic E-state index is 0. The average Bonchev–Trinajstić information content (AvgIpc) is 3.26. The molecule has 1 aromatic carbocycles. The van der Waals surface area contributed by atoms with Crippen molar-refractivity contribution >= 4 is 30.0 Å². The maximum Gasteiger partial charge on any atom is 0.341 e. The van der Waals surface area contributed by atoms with E-state index in [1.165, 1.54) is 7.11 Å². The van der Waals surface area contributed by atoms with Crippen LogP contribution in [-0.2, 0) is 4.74 Å². The number of nitrogens with one attached hydrogen (secondary N) is 2. The second kappa shape index (κ2) is 8.58. The molecule has 1 fully saturated rings. The van der Waals surface area contributed by atoms with Crippen molar-refractivity contribution in [1.82, 2.24) is 10.6 Å². The summed E-state index contributed by atoms with van der Waals surface area (Å²) in [6.45, 7) is 2.34. The van der Waals surface area contributed by atoms with Crippen LogP contribution in [0.2, 0.25) is 5.02 Å². The number of carbonyl (C=O) groups is 1. The summed E-state index contributed by atoms with van der Waals surface area (Å²) in [6, 6.07) is 4.98. The first-order chi connectivity index (χ1) is 10.1. The van der Waals surface area contributed by atoms with Crippen LogP contribution in [0.3, 0.4) is 0 Å². The topological polar surface area (TPSA) is 59.6 Å². The Labute approximate surface area is 142 Å². The fraction of sp³-hybridized carbons (Fsp3) is 0.533. The predicted octanol–water partition coefficient (Wildman–Crippen LogP) is 2.27. The molecular weight excluding hydrogens is 327 g/mol. The van der Waals surface area contributed by atoms with Gasteiger partial charge < -0.3 is 20.1 Å². The van der Waals surface area contributed by atoms with Gasteiger partial charge in [-0.2, -0.15) is 0 Å². The van der Waals surface area contributed by atoms with Crippen LogP contribution in [0.5, 0.6) is 5.75 Å². The lowest BCUT2D eigenvalue weighted by molar-refractivity contribution is 0.0595. The number of benzene rings is 1. The molecule has 0 unspecified atom stereocenters. The standard InChI is InChI=1S/C15H21ClN2O3.ClH/c1-17-7-8-18-15(5-6-15)10-21-13-4-3-11(16)9-12(13)14(19)20-2;/h3-4,9,17-18H,5-8,10H2,1-2H3;1H. The van der Waals surface area contributed by atoms with Gasteiger partial charge in [0.2, 0.25) is 0 Å². The molecule has 0 radical (unpaired) electrons. The van der Waals surface area contributed by atoms with Gasteiger partial charge in [-0.25, -0.2) is 4.79 Å². The van der Waals surface area contributed by atoms with Gasteiger partial charge in [0.1, 0.15) is 17.9 Å². The Kier molecular flexibility index (Phi) is 7.42. The van der Waals surface area contributed by atoms with E-state index in [-0.39, 0.29) is 17.9 Å². The summed E-state index contributed by atoms with van der Waals surface area (Å²) in [7, 11) is 3.27. The molecule has 0 bridgehead atoms. The third kappa shape index (κ3) is 5.02. The van der Waals surface area contributed by atoms with Crippen molar-refractivity contribution in [2.24, 2.45) is 0 Å². The largest absolute Gasteiger partial charge is 0.491 e. The van der Waals surface area contributed by atoms with Crippen molar-refractivity contribution in [3.63, 3.8) is 0 Å². The first-order valence-corrected chi connectivity index (χ1v) is 7.38. The van der Waals surface area contributed by atoms with E-state index in [9.17, 15) is 4.79 Å². The van der Waals surface area contributed by atoms with E-state index in [0.717, 1.165) is 25.9 Å². The van der Waals surface area contributed by atoms with E-state index in [2.05, 4.69) is 10.6 Å². The van der Waals surface area contributed by atoms with Crippen LogP contribution in [0, 0.1) is 0 Å². The Morgan fingerprint density at radius 1 is 1.36 bits per heavy atom. The molecule has 0 saturated heterocycles. The Bertz CT molecular complexity index is 508. The Balaban J connectivity index is 0.00000242. The first kappa shape index (κ1) is 19.0. The van der Waals surface area contributed by atoms with Gasteiger partial charge in [-0.3, -0.25) is 0 Å². The van der Waals surface area contributed by atoms with Crippen molar-refractivity contribution in [3.05, 3.63) is 28.8 Å². The smallest absolute Gasteiger partial charge is 0.341 e. The maximum absolute atomic E-state index is 11.8. The van der Waals surface area contributed by atoms with E-state index >= 15 is 0 Å². The second-order valence-electron chi connectivity index (χ2n) is 5.23. The number of rotatable bonds is 8. The van der Waals surface area contributed by atoms with Crippen LogP contribution >= 0.6 is 24.0 Å². The highest BCUT2D eigenvalue weighted by molar-refractivity contribution is 6.31. The lowest BCUT2D eigenvalue weighted by Crippen LogP contribution is -2.40. The fourth-order valence-electron chi connectivity index (χ4n) is 2.09. The molecule has 1 aliphatic carbocycles. The van der Waals surface area contributed by atoms with Gasteiger partial charge >= 0.3 is 5.97 Å². The zero-order valence-corrected chi connectivity index (χ0v) is 14.4. The van der Waals surface area contributed by atoms with Crippen molar-refractivity contribution in [2.75, 3.05) is 33.9 Å². The van der Waals surface area contributed by atoms with Gasteiger partial charge in [-0.15, -0.1) is 12.4 Å². The summed E-state index contributed by atoms with van der Waals surface area (Å²) >= 11 is 5.92. The Morgan fingerprint density at radius 2 is 2.09 bits per heavy atom. The zero-order valence-electron chi connectivity index (χ0n) is 12.8. The molecule has 7 heteroatoms. The summed E-state index contributed by atoms with van der Waals surface area (Å²) < 4.78 is 10.6. The third-order valence-corrected chi connectivity index (χ3v) is 3.81. The molecule has 0 aliphatic heterocycles. The van der Waals surface area contributed by atoms with Gasteiger partial charge in [0.25, 0.3) is 0 Å². The van der Waals surface area contributed by atoms with Crippen LogP contribution in [0.25, 0.3) is 0 Å². The molecule has 22 heavy (non-hydrogen) atoms. The van der Waals surface area contributed by atoms with E-state index in [4.69, 9.17) is 21.1 Å². The van der Waals surface area contributed by atoms with Crippen molar-refractivity contribution in [3.8, 4) is 5.75 Å². The van der Waals surface area contributed by atoms with Gasteiger partial charge in [0.15, 0.2) is 0 Å². The molecule has 0 aromatic heterocycles. The van der Waals surface area contributed by atoms with Crippen LogP contribution in [0.15, 0.2) is 18.2 Å². The second-order valence-corrected chi connectivity index (χ2v) is 5.67. The summed E-state index contributed by atoms with van der Waals surface area (Å²) in [5.41, 5.74) is 0.389. The highest BCUT2D eigenvalue weighted by Gasteiger charge is 2.43. The summed E-state index contributed by atoms with van der Waals surface area (Å²) in [6.07, 6.45) is 2.16. The molecule has 0 atom stereocenters. The molecule has 124 valence electrons. The quantitative estimate of drug-likeness (QED) is 0.557. The minimum atomic E-state index is -0.444. The molecule has 2 N–H and O–H groups in total. The first-order valence-electron chi connectivity index (χ1n) is 7.00. The van der Waals surface area contributed by atoms with Crippen molar-refractivity contribution in [1.29, 1.82) is 0 Å². The monoisotopic (exact) mass is 348 g/mol. The highest BCUT2D eigenvalue weighted by atomic mass is 35.5. The number of likely N-dealkylation sites (N-methyl/N-ethyl adjacent to an activating group) is 1. The van der Waals surface area contributed by atoms with E-state index in [1.54, 1.807) is 18.2 Å². The molecule has 1 aromatic rings. The summed E-state index contributed by atoms with van der Waals surface area (Å²) in [4.78, 5) is 11.8. The Morgan fingerprint density at radius 3 is 2.68 bits per heavy atom. The van der Waals surface area contributed by atoms with Crippen LogP contribution in [0.4, 0.5) is 0 Å². The molecule has 1 saturated carbocycles. The molecule has 2 rings (SSSR count). The number of hydrogen-bond acceptors (Lipinski definition) is 5. The Hall–Kier alpha value is -1.01. The number of ether oxygens (including phenoxy) is 2. The van der Waals surface area contributed by atoms with Gasteiger partial charge in [-0.05, 0) is 38.1 Å². The summed E-state index contributed by atoms with van der Waals surface area (Å²) in [5, 5.41) is 7.07. The SMILES string of the molecule is CNCCNC1(COc2ccc(Cl)cc2C(=O)OC)CC1.Cl. The summed E-state index contributed by atoms with van der Waals surface area (Å²) in [5.74, 6) is 0.0634. The van der Waals surface area contributed by atoms with Gasteiger partial charge in [0.05, 0.1) is 12.6 Å². The lowest BCUT2D eigenvalue weighted by Gasteiger charge is -2.19. The maximum atomic E-state index is 11.8. The third-order valence-electron chi connectivity index (χ3n) is 3.58. The molecule has 5 nitrogen and oxygen atoms in total. The molecule has 0 spiro atoms. The van der Waals surface area contributed by atoms with Crippen molar-refractivity contribution < 1.29 is 14.3 Å². The normalized spacial score (nSPS) is 14.9. The zero-order chi connectivity index (χ0) is 15.3. The highest BCUT2D eigenvalue weighted by Crippen LogP contribution is 2.36. The molecule has 1 aliphatic rings. The van der Waals surface area contributed by atoms with E-state index in [0.29, 0.717) is 22.9 Å². The molecular formula is C15H22Cl2N2O3. The van der Waals surface area contributed by atoms with Gasteiger partial charge in [0, 0.05) is 18.1 Å². The number of esters is 1. The predicted molar refractivity (Wildman–Crippen MR) is 89.4 cm³/mol. The average molecular weight is 349 g/mol. The van der Waals surface area contributed by atoms with Crippen molar-refractivity contribution in [2.45, 2.75) is 18.4 Å². The minimum Gasteiger partial charge on any atom is -0.491 e. The van der Waals surface area contributed by atoms with Gasteiger partial charge in [-0.1, -0.05) is 11.6 Å². The van der Waals surface area contributed by atoms with E-state index in [1.807, 2.05) is 7.05 Å². The van der Waals surface area contributed by atoms with Crippen LogP contribution < -0.4 is 15.4 Å². The molecule has 0 heterocycles. The van der Waals surface area contributed by atoms with E-state index < -0.39 is 5.97 Å². The number of carbonyl (C=O) groups excluding carboxylic acids is 1. The number of hydrogen-bond donors (Lipinski definition) is 2. The number of halogens is 2. The van der Waals surface area contributed by atoms with Crippen LogP contribution in [-0.4, -0.2) is 45.4 Å².